The SMILES string of the molecule is CC(NC(=O)Cn1ccc(C(=O)O)n1)c1nc(C(F)(F)F)cs1. The van der Waals surface area contributed by atoms with Crippen LogP contribution in [0.15, 0.2) is 17.6 Å². The molecule has 2 heterocycles. The van der Waals surface area contributed by atoms with Crippen LogP contribution in [0.2, 0.25) is 0 Å². The summed E-state index contributed by atoms with van der Waals surface area (Å²) in [7, 11) is 0. The second-order valence-corrected chi connectivity index (χ2v) is 5.45. The Kier molecular flexibility index (Phi) is 4.68. The van der Waals surface area contributed by atoms with E-state index < -0.39 is 29.8 Å². The molecule has 2 aromatic heterocycles. The molecule has 11 heteroatoms. The Hall–Kier alpha value is -2.43. The summed E-state index contributed by atoms with van der Waals surface area (Å²) >= 11 is 0.795. The highest BCUT2D eigenvalue weighted by molar-refractivity contribution is 7.09. The van der Waals surface area contributed by atoms with E-state index in [2.05, 4.69) is 15.4 Å². The van der Waals surface area contributed by atoms with Gasteiger partial charge in [-0.3, -0.25) is 9.48 Å². The number of carbonyl (C=O) groups excluding carboxylic acids is 1. The van der Waals surface area contributed by atoms with Crippen molar-refractivity contribution in [2.75, 3.05) is 0 Å². The van der Waals surface area contributed by atoms with Crippen molar-refractivity contribution in [3.8, 4) is 0 Å². The van der Waals surface area contributed by atoms with Crippen LogP contribution in [0, 0.1) is 0 Å². The Morgan fingerprint density at radius 1 is 1.48 bits per heavy atom. The highest BCUT2D eigenvalue weighted by atomic mass is 32.1. The number of nitrogens with one attached hydrogen (secondary N) is 1. The summed E-state index contributed by atoms with van der Waals surface area (Å²) in [4.78, 5) is 25.9. The largest absolute Gasteiger partial charge is 0.476 e. The van der Waals surface area contributed by atoms with Gasteiger partial charge in [-0.1, -0.05) is 0 Å². The summed E-state index contributed by atoms with van der Waals surface area (Å²) in [6, 6.07) is 0.522. The van der Waals surface area contributed by atoms with E-state index in [1.807, 2.05) is 0 Å². The number of nitrogens with zero attached hydrogens (tertiary/aromatic N) is 3. The van der Waals surface area contributed by atoms with E-state index in [4.69, 9.17) is 5.11 Å². The van der Waals surface area contributed by atoms with Crippen molar-refractivity contribution >= 4 is 23.2 Å². The van der Waals surface area contributed by atoms with Crippen LogP contribution in [0.3, 0.4) is 0 Å². The quantitative estimate of drug-likeness (QED) is 0.861. The first-order chi connectivity index (χ1) is 10.7. The Balaban J connectivity index is 1.96. The molecule has 0 spiro atoms. The predicted molar refractivity (Wildman–Crippen MR) is 72.9 cm³/mol. The number of carboxylic acids is 1. The third kappa shape index (κ3) is 4.28. The Labute approximate surface area is 131 Å². The summed E-state index contributed by atoms with van der Waals surface area (Å²) in [6.45, 7) is 1.25. The molecule has 0 bridgehead atoms. The van der Waals surface area contributed by atoms with Crippen LogP contribution in [-0.2, 0) is 17.5 Å². The fraction of sp³-hybridized carbons (Fsp3) is 0.333. The fourth-order valence-corrected chi connectivity index (χ4v) is 2.51. The first-order valence-corrected chi connectivity index (χ1v) is 7.13. The van der Waals surface area contributed by atoms with Crippen LogP contribution < -0.4 is 5.32 Å². The van der Waals surface area contributed by atoms with Gasteiger partial charge in [0.05, 0.1) is 6.04 Å². The van der Waals surface area contributed by atoms with Gasteiger partial charge in [0.25, 0.3) is 0 Å². The van der Waals surface area contributed by atoms with Crippen molar-refractivity contribution in [2.45, 2.75) is 25.7 Å². The first kappa shape index (κ1) is 16.9. The number of hydrogen-bond donors (Lipinski definition) is 2. The highest BCUT2D eigenvalue weighted by Crippen LogP contribution is 2.31. The molecule has 0 saturated heterocycles. The lowest BCUT2D eigenvalue weighted by atomic mass is 10.3. The van der Waals surface area contributed by atoms with Crippen LogP contribution in [-0.4, -0.2) is 31.7 Å². The second kappa shape index (κ2) is 6.36. The summed E-state index contributed by atoms with van der Waals surface area (Å²) in [5, 5.41) is 15.9. The van der Waals surface area contributed by atoms with Gasteiger partial charge in [-0.05, 0) is 13.0 Å². The van der Waals surface area contributed by atoms with Crippen molar-refractivity contribution in [2.24, 2.45) is 0 Å². The zero-order chi connectivity index (χ0) is 17.2. The number of carbonyl (C=O) groups is 2. The Morgan fingerprint density at radius 2 is 2.17 bits per heavy atom. The number of amides is 1. The summed E-state index contributed by atoms with van der Waals surface area (Å²) < 4.78 is 38.6. The van der Waals surface area contributed by atoms with Gasteiger partial charge >= 0.3 is 12.1 Å². The fourth-order valence-electron chi connectivity index (χ4n) is 1.68. The predicted octanol–water partition coefficient (Wildman–Crippen LogP) is 1.93. The molecule has 2 aromatic rings. The summed E-state index contributed by atoms with van der Waals surface area (Å²) in [5.41, 5.74) is -1.21. The number of carboxylic acid groups (broad SMARTS) is 1. The molecule has 0 radical (unpaired) electrons. The molecule has 0 saturated carbocycles. The van der Waals surface area contributed by atoms with Gasteiger partial charge < -0.3 is 10.4 Å². The molecular weight excluding hydrogens is 337 g/mol. The molecular formula is C12H11F3N4O3S. The van der Waals surface area contributed by atoms with Crippen molar-refractivity contribution in [3.05, 3.63) is 34.0 Å². The van der Waals surface area contributed by atoms with Crippen molar-refractivity contribution in [1.29, 1.82) is 0 Å². The average molecular weight is 348 g/mol. The van der Waals surface area contributed by atoms with Gasteiger partial charge in [0, 0.05) is 11.6 Å². The van der Waals surface area contributed by atoms with Crippen molar-refractivity contribution in [3.63, 3.8) is 0 Å². The average Bonchev–Trinajstić information content (AvgIpc) is 3.05. The standard InChI is InChI=1S/C12H11F3N4O3S/c1-6(10-17-8(5-23-10)12(13,14)15)16-9(20)4-19-3-2-7(18-19)11(21)22/h2-3,5-6H,4H2,1H3,(H,16,20)(H,21,22). The number of halogens is 3. The van der Waals surface area contributed by atoms with E-state index in [-0.39, 0.29) is 17.2 Å². The van der Waals surface area contributed by atoms with Crippen LogP contribution in [0.1, 0.15) is 34.2 Å². The molecule has 0 aromatic carbocycles. The number of alkyl halides is 3. The Bertz CT molecular complexity index is 725. The zero-order valence-electron chi connectivity index (χ0n) is 11.7. The normalized spacial score (nSPS) is 12.9. The maximum Gasteiger partial charge on any atom is 0.434 e. The number of hydrogen-bond acceptors (Lipinski definition) is 5. The van der Waals surface area contributed by atoms with E-state index in [0.717, 1.165) is 21.4 Å². The molecule has 1 amide bonds. The van der Waals surface area contributed by atoms with Crippen LogP contribution in [0.25, 0.3) is 0 Å². The minimum Gasteiger partial charge on any atom is -0.476 e. The van der Waals surface area contributed by atoms with Crippen LogP contribution >= 0.6 is 11.3 Å². The van der Waals surface area contributed by atoms with E-state index in [9.17, 15) is 22.8 Å². The lowest BCUT2D eigenvalue weighted by Gasteiger charge is -2.11. The zero-order valence-corrected chi connectivity index (χ0v) is 12.5. The van der Waals surface area contributed by atoms with Crippen molar-refractivity contribution in [1.82, 2.24) is 20.1 Å². The van der Waals surface area contributed by atoms with Gasteiger partial charge in [-0.15, -0.1) is 11.3 Å². The molecule has 2 N–H and O–H groups in total. The molecule has 2 rings (SSSR count). The van der Waals surface area contributed by atoms with Crippen molar-refractivity contribution < 1.29 is 27.9 Å². The third-order valence-electron chi connectivity index (χ3n) is 2.73. The van der Waals surface area contributed by atoms with Gasteiger partial charge in [-0.2, -0.15) is 18.3 Å². The van der Waals surface area contributed by atoms with Crippen LogP contribution in [0.4, 0.5) is 13.2 Å². The molecule has 0 fully saturated rings. The van der Waals surface area contributed by atoms with Gasteiger partial charge in [-0.25, -0.2) is 9.78 Å². The van der Waals surface area contributed by atoms with Gasteiger partial charge in [0.2, 0.25) is 5.91 Å². The summed E-state index contributed by atoms with van der Waals surface area (Å²) in [5.74, 6) is -1.75. The van der Waals surface area contributed by atoms with Crippen LogP contribution in [0.5, 0.6) is 0 Å². The molecule has 0 aliphatic heterocycles. The minimum absolute atomic E-state index is 0.123. The monoisotopic (exact) mass is 348 g/mol. The molecule has 1 atom stereocenters. The first-order valence-electron chi connectivity index (χ1n) is 6.25. The molecule has 1 unspecified atom stereocenters. The smallest absolute Gasteiger partial charge is 0.434 e. The van der Waals surface area contributed by atoms with E-state index in [1.54, 1.807) is 0 Å². The number of aromatic carboxylic acids is 1. The lowest BCUT2D eigenvalue weighted by molar-refractivity contribution is -0.140. The summed E-state index contributed by atoms with van der Waals surface area (Å²) in [6.07, 6.45) is -3.21. The molecule has 0 aliphatic carbocycles. The molecule has 0 aliphatic rings. The molecule has 124 valence electrons. The third-order valence-corrected chi connectivity index (χ3v) is 3.75. The Morgan fingerprint density at radius 3 is 2.70 bits per heavy atom. The number of rotatable bonds is 5. The maximum atomic E-state index is 12.5. The van der Waals surface area contributed by atoms with Gasteiger partial charge in [0.15, 0.2) is 11.4 Å². The highest BCUT2D eigenvalue weighted by Gasteiger charge is 2.34. The van der Waals surface area contributed by atoms with Gasteiger partial charge in [0.1, 0.15) is 11.6 Å². The number of thiazole rings is 1. The number of aromatic nitrogens is 3. The van der Waals surface area contributed by atoms with E-state index in [0.29, 0.717) is 0 Å². The lowest BCUT2D eigenvalue weighted by Crippen LogP contribution is -2.30. The molecule has 23 heavy (non-hydrogen) atoms. The van der Waals surface area contributed by atoms with E-state index >= 15 is 0 Å². The topological polar surface area (TPSA) is 97.1 Å². The van der Waals surface area contributed by atoms with E-state index in [1.165, 1.54) is 19.2 Å². The maximum absolute atomic E-state index is 12.5. The molecule has 7 nitrogen and oxygen atoms in total. The minimum atomic E-state index is -4.53. The second-order valence-electron chi connectivity index (χ2n) is 4.56.